The van der Waals surface area contributed by atoms with E-state index in [9.17, 15) is 4.79 Å². The Labute approximate surface area is 109 Å². The van der Waals surface area contributed by atoms with E-state index in [1.807, 2.05) is 0 Å². The number of carbonyl (C=O) groups excluding carboxylic acids is 1. The smallest absolute Gasteiger partial charge is 0.237 e. The number of nitrogens with two attached hydrogens (primary N) is 2. The molecular formula is C13H26N2O3. The predicted octanol–water partition coefficient (Wildman–Crippen LogP) is 0.803. The van der Waals surface area contributed by atoms with Crippen LogP contribution in [-0.2, 0) is 14.3 Å². The van der Waals surface area contributed by atoms with Crippen molar-refractivity contribution in [2.24, 2.45) is 17.4 Å². The van der Waals surface area contributed by atoms with Gasteiger partial charge in [-0.15, -0.1) is 0 Å². The molecule has 0 aromatic rings. The van der Waals surface area contributed by atoms with Crippen LogP contribution in [0.3, 0.4) is 0 Å². The molecule has 0 bridgehead atoms. The van der Waals surface area contributed by atoms with E-state index < -0.39 is 11.4 Å². The van der Waals surface area contributed by atoms with Gasteiger partial charge in [0.1, 0.15) is 0 Å². The van der Waals surface area contributed by atoms with Crippen LogP contribution in [0.5, 0.6) is 0 Å². The van der Waals surface area contributed by atoms with Gasteiger partial charge >= 0.3 is 0 Å². The molecule has 0 saturated carbocycles. The van der Waals surface area contributed by atoms with Gasteiger partial charge in [0.2, 0.25) is 5.91 Å². The fraction of sp³-hybridized carbons (Fsp3) is 0.923. The molecule has 1 saturated heterocycles. The highest BCUT2D eigenvalue weighted by Crippen LogP contribution is 2.15. The van der Waals surface area contributed by atoms with Crippen LogP contribution in [0, 0.1) is 5.92 Å². The van der Waals surface area contributed by atoms with E-state index in [2.05, 4.69) is 0 Å². The minimum atomic E-state index is -0.888. The van der Waals surface area contributed by atoms with Crippen LogP contribution < -0.4 is 11.5 Å². The van der Waals surface area contributed by atoms with Gasteiger partial charge in [-0.1, -0.05) is 0 Å². The minimum Gasteiger partial charge on any atom is -0.381 e. The Kier molecular flexibility index (Phi) is 6.60. The van der Waals surface area contributed by atoms with Gasteiger partial charge in [-0.05, 0) is 44.9 Å². The fourth-order valence-corrected chi connectivity index (χ4v) is 1.98. The molecule has 0 radical (unpaired) electrons. The molecule has 0 aliphatic carbocycles. The Hall–Kier alpha value is -0.650. The quantitative estimate of drug-likeness (QED) is 0.630. The Balaban J connectivity index is 1.97. The van der Waals surface area contributed by atoms with Crippen molar-refractivity contribution in [2.45, 2.75) is 44.6 Å². The van der Waals surface area contributed by atoms with E-state index in [1.165, 1.54) is 0 Å². The molecule has 1 amide bonds. The molecule has 5 nitrogen and oxygen atoms in total. The number of unbranched alkanes of at least 4 members (excludes halogenated alkanes) is 1. The lowest BCUT2D eigenvalue weighted by Crippen LogP contribution is -2.49. The summed E-state index contributed by atoms with van der Waals surface area (Å²) in [5.74, 6) is 0.203. The molecule has 106 valence electrons. The third kappa shape index (κ3) is 5.80. The zero-order valence-corrected chi connectivity index (χ0v) is 11.3. The van der Waals surface area contributed by atoms with Gasteiger partial charge in [0.15, 0.2) is 0 Å². The first-order chi connectivity index (χ1) is 8.52. The molecule has 18 heavy (non-hydrogen) atoms. The molecule has 1 fully saturated rings. The second-order valence-corrected chi connectivity index (χ2v) is 5.37. The van der Waals surface area contributed by atoms with Crippen LogP contribution in [0.4, 0.5) is 0 Å². The van der Waals surface area contributed by atoms with Gasteiger partial charge < -0.3 is 20.9 Å². The third-order valence-corrected chi connectivity index (χ3v) is 3.49. The molecule has 1 aliphatic heterocycles. The van der Waals surface area contributed by atoms with Gasteiger partial charge in [0.25, 0.3) is 0 Å². The summed E-state index contributed by atoms with van der Waals surface area (Å²) in [6.45, 7) is 4.94. The van der Waals surface area contributed by atoms with Crippen molar-refractivity contribution < 1.29 is 14.3 Å². The van der Waals surface area contributed by atoms with Crippen molar-refractivity contribution in [3.63, 3.8) is 0 Å². The van der Waals surface area contributed by atoms with Crippen LogP contribution >= 0.6 is 0 Å². The highest BCUT2D eigenvalue weighted by atomic mass is 16.5. The number of hydrogen-bond donors (Lipinski definition) is 2. The van der Waals surface area contributed by atoms with Gasteiger partial charge in [0.05, 0.1) is 5.54 Å². The maximum absolute atomic E-state index is 11.0. The minimum absolute atomic E-state index is 0.439. The molecule has 4 N–H and O–H groups in total. The van der Waals surface area contributed by atoms with Crippen LogP contribution in [0.2, 0.25) is 0 Å². The molecule has 0 spiro atoms. The molecule has 1 atom stereocenters. The third-order valence-electron chi connectivity index (χ3n) is 3.49. The Bertz CT molecular complexity index is 251. The van der Waals surface area contributed by atoms with Gasteiger partial charge in [-0.2, -0.15) is 0 Å². The van der Waals surface area contributed by atoms with Crippen LogP contribution in [0.15, 0.2) is 0 Å². The van der Waals surface area contributed by atoms with E-state index in [0.29, 0.717) is 12.3 Å². The van der Waals surface area contributed by atoms with Crippen molar-refractivity contribution >= 4 is 5.91 Å². The summed E-state index contributed by atoms with van der Waals surface area (Å²) in [7, 11) is 0. The second kappa shape index (κ2) is 7.71. The topological polar surface area (TPSA) is 87.6 Å². The first-order valence-corrected chi connectivity index (χ1v) is 6.76. The summed E-state index contributed by atoms with van der Waals surface area (Å²) >= 11 is 0. The lowest BCUT2D eigenvalue weighted by Gasteiger charge is -2.22. The average Bonchev–Trinajstić information content (AvgIpc) is 2.34. The van der Waals surface area contributed by atoms with Crippen molar-refractivity contribution in [3.8, 4) is 0 Å². The van der Waals surface area contributed by atoms with Crippen molar-refractivity contribution in [1.82, 2.24) is 0 Å². The number of rotatable bonds is 8. The molecule has 1 unspecified atom stereocenters. The van der Waals surface area contributed by atoms with Crippen molar-refractivity contribution in [3.05, 3.63) is 0 Å². The summed E-state index contributed by atoms with van der Waals surface area (Å²) in [4.78, 5) is 11.0. The van der Waals surface area contributed by atoms with Crippen LogP contribution in [-0.4, -0.2) is 37.9 Å². The van der Waals surface area contributed by atoms with E-state index in [0.717, 1.165) is 52.1 Å². The first-order valence-electron chi connectivity index (χ1n) is 6.76. The SMILES string of the molecule is CC(N)(CCCCOCC1CCOCC1)C(N)=O. The zero-order valence-electron chi connectivity index (χ0n) is 11.3. The summed E-state index contributed by atoms with van der Waals surface area (Å²) < 4.78 is 10.9. The fourth-order valence-electron chi connectivity index (χ4n) is 1.98. The van der Waals surface area contributed by atoms with E-state index >= 15 is 0 Å². The van der Waals surface area contributed by atoms with Gasteiger partial charge in [0, 0.05) is 26.4 Å². The highest BCUT2D eigenvalue weighted by Gasteiger charge is 2.24. The lowest BCUT2D eigenvalue weighted by atomic mass is 9.95. The summed E-state index contributed by atoms with van der Waals surface area (Å²) in [5.41, 5.74) is 10.1. The van der Waals surface area contributed by atoms with Crippen LogP contribution in [0.1, 0.15) is 39.0 Å². The Morgan fingerprint density at radius 1 is 1.39 bits per heavy atom. The number of hydrogen-bond acceptors (Lipinski definition) is 4. The van der Waals surface area contributed by atoms with Crippen molar-refractivity contribution in [2.75, 3.05) is 26.4 Å². The van der Waals surface area contributed by atoms with Gasteiger partial charge in [-0.25, -0.2) is 0 Å². The normalized spacial score (nSPS) is 20.6. The molecule has 1 aliphatic rings. The number of carbonyl (C=O) groups is 1. The summed E-state index contributed by atoms with van der Waals surface area (Å²) in [6, 6.07) is 0. The first kappa shape index (κ1) is 15.4. The van der Waals surface area contributed by atoms with E-state index in [1.54, 1.807) is 6.92 Å². The maximum atomic E-state index is 11.0. The molecular weight excluding hydrogens is 232 g/mol. The Morgan fingerprint density at radius 3 is 2.67 bits per heavy atom. The molecule has 0 aromatic carbocycles. The average molecular weight is 258 g/mol. The Morgan fingerprint density at radius 2 is 2.06 bits per heavy atom. The van der Waals surface area contributed by atoms with Gasteiger partial charge in [-0.3, -0.25) is 4.79 Å². The molecule has 5 heteroatoms. The summed E-state index contributed by atoms with van der Waals surface area (Å²) in [5, 5.41) is 0. The maximum Gasteiger partial charge on any atom is 0.237 e. The monoisotopic (exact) mass is 258 g/mol. The zero-order chi connectivity index (χ0) is 13.4. The highest BCUT2D eigenvalue weighted by molar-refractivity contribution is 5.83. The number of primary amides is 1. The van der Waals surface area contributed by atoms with Crippen molar-refractivity contribution in [1.29, 1.82) is 0 Å². The predicted molar refractivity (Wildman–Crippen MR) is 70.0 cm³/mol. The molecule has 1 heterocycles. The standard InChI is InChI=1S/C13H26N2O3/c1-13(15,12(14)16)6-2-3-7-18-10-11-4-8-17-9-5-11/h11H,2-10,15H2,1H3,(H2,14,16). The number of amides is 1. The largest absolute Gasteiger partial charge is 0.381 e. The molecule has 1 rings (SSSR count). The molecule has 0 aromatic heterocycles. The number of ether oxygens (including phenoxy) is 2. The van der Waals surface area contributed by atoms with Crippen LogP contribution in [0.25, 0.3) is 0 Å². The second-order valence-electron chi connectivity index (χ2n) is 5.37. The van der Waals surface area contributed by atoms with E-state index in [-0.39, 0.29) is 0 Å². The summed E-state index contributed by atoms with van der Waals surface area (Å²) in [6.07, 6.45) is 4.60. The lowest BCUT2D eigenvalue weighted by molar-refractivity contribution is -0.122. The van der Waals surface area contributed by atoms with E-state index in [4.69, 9.17) is 20.9 Å².